The first-order valence-corrected chi connectivity index (χ1v) is 8.80. The molecule has 2 heterocycles. The molecule has 1 aromatic rings. The minimum atomic E-state index is -0.785. The lowest BCUT2D eigenvalue weighted by molar-refractivity contribution is -0.215. The summed E-state index contributed by atoms with van der Waals surface area (Å²) in [6.45, 7) is 7.77. The van der Waals surface area contributed by atoms with E-state index in [0.717, 1.165) is 11.1 Å². The fraction of sp³-hybridized carbons (Fsp3) is 0.550. The van der Waals surface area contributed by atoms with Crippen molar-refractivity contribution in [2.45, 2.75) is 64.7 Å². The molecule has 3 rings (SSSR count). The third kappa shape index (κ3) is 4.51. The molecule has 6 heteroatoms. The van der Waals surface area contributed by atoms with Gasteiger partial charge in [-0.2, -0.15) is 0 Å². The van der Waals surface area contributed by atoms with Gasteiger partial charge < -0.3 is 23.7 Å². The van der Waals surface area contributed by atoms with Crippen molar-refractivity contribution in [2.24, 2.45) is 0 Å². The summed E-state index contributed by atoms with van der Waals surface area (Å²) in [7, 11) is 0. The van der Waals surface area contributed by atoms with E-state index in [1.165, 1.54) is 0 Å². The molecule has 0 unspecified atom stereocenters. The molecule has 0 saturated carbocycles. The first kappa shape index (κ1) is 19.0. The molecule has 2 fully saturated rings. The van der Waals surface area contributed by atoms with E-state index in [-0.39, 0.29) is 12.4 Å². The average molecular weight is 362 g/mol. The van der Waals surface area contributed by atoms with Crippen molar-refractivity contribution < 1.29 is 28.5 Å². The molecule has 0 spiro atoms. The van der Waals surface area contributed by atoms with E-state index in [0.29, 0.717) is 6.61 Å². The summed E-state index contributed by atoms with van der Waals surface area (Å²) in [5.74, 6) is -0.952. The van der Waals surface area contributed by atoms with Crippen molar-refractivity contribution >= 4 is 5.78 Å². The minimum Gasteiger partial charge on any atom is -0.492 e. The fourth-order valence-corrected chi connectivity index (χ4v) is 3.03. The Morgan fingerprint density at radius 1 is 1.19 bits per heavy atom. The van der Waals surface area contributed by atoms with Crippen LogP contribution in [0.1, 0.15) is 33.3 Å². The second-order valence-corrected chi connectivity index (χ2v) is 7.27. The molecule has 142 valence electrons. The maximum Gasteiger partial charge on any atom is 0.191 e. The van der Waals surface area contributed by atoms with E-state index >= 15 is 0 Å². The number of hydrogen-bond donors (Lipinski definition) is 0. The Balaban J connectivity index is 1.61. The Morgan fingerprint density at radius 3 is 2.62 bits per heavy atom. The summed E-state index contributed by atoms with van der Waals surface area (Å²) in [5, 5.41) is 0. The third-order valence-electron chi connectivity index (χ3n) is 4.13. The van der Waals surface area contributed by atoms with Gasteiger partial charge in [0.05, 0.1) is 12.9 Å². The van der Waals surface area contributed by atoms with Gasteiger partial charge >= 0.3 is 0 Å². The van der Waals surface area contributed by atoms with E-state index in [4.69, 9.17) is 23.7 Å². The molecular formula is C20H26O6. The van der Waals surface area contributed by atoms with Gasteiger partial charge in [0.25, 0.3) is 0 Å². The number of allylic oxidation sites excluding steroid dienone is 1. The normalized spacial score (nSPS) is 29.2. The number of hydrogen-bond acceptors (Lipinski definition) is 6. The number of rotatable bonds is 7. The molecule has 0 N–H and O–H groups in total. The van der Waals surface area contributed by atoms with Gasteiger partial charge in [0.1, 0.15) is 6.61 Å². The minimum absolute atomic E-state index is 0.0585. The van der Waals surface area contributed by atoms with Crippen LogP contribution >= 0.6 is 0 Å². The van der Waals surface area contributed by atoms with Gasteiger partial charge in [-0.05, 0) is 38.8 Å². The van der Waals surface area contributed by atoms with Crippen molar-refractivity contribution in [1.82, 2.24) is 0 Å². The van der Waals surface area contributed by atoms with E-state index in [2.05, 4.69) is 0 Å². The zero-order valence-corrected chi connectivity index (χ0v) is 15.6. The van der Waals surface area contributed by atoms with Crippen molar-refractivity contribution in [3.63, 3.8) is 0 Å². The van der Waals surface area contributed by atoms with Crippen LogP contribution in [0.4, 0.5) is 0 Å². The first-order chi connectivity index (χ1) is 12.4. The number of carbonyl (C=O) groups is 1. The van der Waals surface area contributed by atoms with Crippen LogP contribution < -0.4 is 0 Å². The summed E-state index contributed by atoms with van der Waals surface area (Å²) in [6.07, 6.45) is -0.805. The summed E-state index contributed by atoms with van der Waals surface area (Å²) in [4.78, 5) is 12.6. The van der Waals surface area contributed by atoms with Crippen LogP contribution in [0.2, 0.25) is 0 Å². The van der Waals surface area contributed by atoms with Crippen LogP contribution in [0, 0.1) is 0 Å². The molecule has 1 aromatic carbocycles. The quantitative estimate of drug-likeness (QED) is 0.695. The lowest BCUT2D eigenvalue weighted by Gasteiger charge is -2.24. The molecule has 0 amide bonds. The Morgan fingerprint density at radius 2 is 1.92 bits per heavy atom. The maximum absolute atomic E-state index is 12.6. The number of carbonyl (C=O) groups excluding carboxylic acids is 1. The van der Waals surface area contributed by atoms with Crippen molar-refractivity contribution in [3.05, 3.63) is 47.7 Å². The van der Waals surface area contributed by atoms with Crippen molar-refractivity contribution in [2.75, 3.05) is 6.61 Å². The molecule has 26 heavy (non-hydrogen) atoms. The topological polar surface area (TPSA) is 63.2 Å². The van der Waals surface area contributed by atoms with Gasteiger partial charge in [0.2, 0.25) is 0 Å². The van der Waals surface area contributed by atoms with Gasteiger partial charge in [0.15, 0.2) is 36.2 Å². The highest BCUT2D eigenvalue weighted by Crippen LogP contribution is 2.39. The fourth-order valence-electron chi connectivity index (χ4n) is 3.03. The highest BCUT2D eigenvalue weighted by Gasteiger charge is 2.57. The van der Waals surface area contributed by atoms with Gasteiger partial charge in [-0.1, -0.05) is 30.3 Å². The van der Waals surface area contributed by atoms with Crippen LogP contribution in [0.15, 0.2) is 42.2 Å². The highest BCUT2D eigenvalue weighted by molar-refractivity contribution is 5.85. The number of ketones is 1. The van der Waals surface area contributed by atoms with Gasteiger partial charge in [-0.3, -0.25) is 4.79 Å². The molecule has 0 radical (unpaired) electrons. The Labute approximate surface area is 154 Å². The van der Waals surface area contributed by atoms with Crippen LogP contribution in [-0.4, -0.2) is 42.8 Å². The monoisotopic (exact) mass is 362 g/mol. The molecule has 2 aliphatic rings. The predicted octanol–water partition coefficient (Wildman–Crippen LogP) is 2.96. The number of fused-ring (bicyclic) bond motifs is 1. The van der Waals surface area contributed by atoms with Crippen LogP contribution in [-0.2, 0) is 35.1 Å². The molecule has 6 nitrogen and oxygen atoms in total. The van der Waals surface area contributed by atoms with Gasteiger partial charge in [0, 0.05) is 0 Å². The first-order valence-electron chi connectivity index (χ1n) is 8.80. The molecule has 2 saturated heterocycles. The van der Waals surface area contributed by atoms with E-state index in [9.17, 15) is 4.79 Å². The van der Waals surface area contributed by atoms with Gasteiger partial charge in [-0.15, -0.1) is 0 Å². The van der Waals surface area contributed by atoms with Crippen LogP contribution in [0.3, 0.4) is 0 Å². The largest absolute Gasteiger partial charge is 0.492 e. The molecule has 0 aliphatic carbocycles. The Bertz CT molecular complexity index is 650. The smallest absolute Gasteiger partial charge is 0.191 e. The van der Waals surface area contributed by atoms with Crippen LogP contribution in [0.25, 0.3) is 0 Å². The SMILES string of the molecule is CC(C)=CO[C@@H]1[C@H]2OC(C)(C)O[C@H]2O[C@@H]1C(=O)COCc1ccccc1. The summed E-state index contributed by atoms with van der Waals surface area (Å²) in [5.41, 5.74) is 1.99. The Kier molecular flexibility index (Phi) is 5.77. The van der Waals surface area contributed by atoms with Crippen LogP contribution in [0.5, 0.6) is 0 Å². The molecule has 0 aromatic heterocycles. The average Bonchev–Trinajstić information content (AvgIpc) is 3.05. The molecule has 4 atom stereocenters. The summed E-state index contributed by atoms with van der Waals surface area (Å²) < 4.78 is 28.8. The molecule has 2 aliphatic heterocycles. The van der Waals surface area contributed by atoms with Gasteiger partial charge in [-0.25, -0.2) is 0 Å². The van der Waals surface area contributed by atoms with E-state index in [1.807, 2.05) is 58.0 Å². The number of Topliss-reactive ketones (excluding diaryl/α,β-unsaturated/α-hetero) is 1. The lowest BCUT2D eigenvalue weighted by atomic mass is 10.1. The Hall–Kier alpha value is -1.73. The second-order valence-electron chi connectivity index (χ2n) is 7.27. The number of ether oxygens (including phenoxy) is 5. The lowest BCUT2D eigenvalue weighted by Crippen LogP contribution is -2.41. The summed E-state index contributed by atoms with van der Waals surface area (Å²) in [6, 6.07) is 9.70. The van der Waals surface area contributed by atoms with Crippen molar-refractivity contribution in [1.29, 1.82) is 0 Å². The summed E-state index contributed by atoms with van der Waals surface area (Å²) >= 11 is 0. The third-order valence-corrected chi connectivity index (χ3v) is 4.13. The van der Waals surface area contributed by atoms with E-state index in [1.54, 1.807) is 6.26 Å². The predicted molar refractivity (Wildman–Crippen MR) is 94.1 cm³/mol. The molecule has 0 bridgehead atoms. The van der Waals surface area contributed by atoms with E-state index < -0.39 is 30.4 Å². The maximum atomic E-state index is 12.6. The highest BCUT2D eigenvalue weighted by atomic mass is 16.8. The second kappa shape index (κ2) is 7.88. The van der Waals surface area contributed by atoms with Crippen molar-refractivity contribution in [3.8, 4) is 0 Å². The standard InChI is InChI=1S/C20H26O6/c1-13(2)10-23-17-16(24-19-18(17)25-20(3,4)26-19)15(21)12-22-11-14-8-6-5-7-9-14/h5-10,16-19H,11-12H2,1-4H3/t16-,17+,18-,19-/m1/s1. The number of benzene rings is 1. The zero-order chi connectivity index (χ0) is 18.7. The zero-order valence-electron chi connectivity index (χ0n) is 15.6. The molecular weight excluding hydrogens is 336 g/mol.